The van der Waals surface area contributed by atoms with Gasteiger partial charge in [0.1, 0.15) is 0 Å². The Morgan fingerprint density at radius 2 is 1.90 bits per heavy atom. The van der Waals surface area contributed by atoms with Crippen LogP contribution in [0.25, 0.3) is 21.8 Å². The second-order valence-corrected chi connectivity index (χ2v) is 5.12. The van der Waals surface area contributed by atoms with E-state index in [1.165, 1.54) is 0 Å². The summed E-state index contributed by atoms with van der Waals surface area (Å²) in [5, 5.41) is 9.03. The van der Waals surface area contributed by atoms with Crippen LogP contribution in [0.5, 0.6) is 0 Å². The van der Waals surface area contributed by atoms with Crippen molar-refractivity contribution in [2.75, 3.05) is 11.9 Å². The van der Waals surface area contributed by atoms with Crippen LogP contribution in [0.4, 0.5) is 5.69 Å². The number of benzene rings is 2. The van der Waals surface area contributed by atoms with Crippen molar-refractivity contribution >= 4 is 44.8 Å². The zero-order chi connectivity index (χ0) is 14.7. The van der Waals surface area contributed by atoms with Crippen molar-refractivity contribution in [3.8, 4) is 0 Å². The second kappa shape index (κ2) is 5.89. The summed E-state index contributed by atoms with van der Waals surface area (Å²) < 4.78 is 0. The van der Waals surface area contributed by atoms with E-state index >= 15 is 0 Å². The van der Waals surface area contributed by atoms with E-state index in [0.717, 1.165) is 27.5 Å². The normalized spacial score (nSPS) is 10.5. The Labute approximate surface area is 128 Å². The first-order valence-corrected chi connectivity index (χ1v) is 7.12. The predicted octanol–water partition coefficient (Wildman–Crippen LogP) is 3.86. The Morgan fingerprint density at radius 3 is 2.76 bits per heavy atom. The van der Waals surface area contributed by atoms with Crippen LogP contribution in [0.1, 0.15) is 0 Å². The largest absolute Gasteiger partial charge is 0.359 e. The van der Waals surface area contributed by atoms with Crippen LogP contribution in [0, 0.1) is 0 Å². The first-order valence-electron chi connectivity index (χ1n) is 6.71. The summed E-state index contributed by atoms with van der Waals surface area (Å²) in [6, 6.07) is 16.3. The third-order valence-corrected chi connectivity index (χ3v) is 3.43. The number of hydrogen-bond acceptors (Lipinski definition) is 2. The molecule has 0 aliphatic heterocycles. The van der Waals surface area contributed by atoms with E-state index in [0.29, 0.717) is 11.7 Å². The van der Waals surface area contributed by atoms with Gasteiger partial charge in [-0.2, -0.15) is 0 Å². The molecule has 4 heteroatoms. The predicted molar refractivity (Wildman–Crippen MR) is 93.7 cm³/mol. The van der Waals surface area contributed by atoms with Gasteiger partial charge in [0.05, 0.1) is 11.0 Å². The van der Waals surface area contributed by atoms with Crippen LogP contribution >= 0.6 is 12.2 Å². The molecule has 2 aromatic carbocycles. The molecule has 3 rings (SSSR count). The Bertz CT molecular complexity index is 826. The monoisotopic (exact) mass is 293 g/mol. The molecule has 2 N–H and O–H groups in total. The molecule has 0 aliphatic carbocycles. The van der Waals surface area contributed by atoms with Crippen LogP contribution in [-0.2, 0) is 0 Å². The minimum Gasteiger partial charge on any atom is -0.359 e. The third kappa shape index (κ3) is 3.01. The van der Waals surface area contributed by atoms with Crippen molar-refractivity contribution in [1.82, 2.24) is 10.3 Å². The Hall–Kier alpha value is -2.46. The Balaban J connectivity index is 1.93. The summed E-state index contributed by atoms with van der Waals surface area (Å²) in [5.41, 5.74) is 2.87. The van der Waals surface area contributed by atoms with Crippen LogP contribution in [0.3, 0.4) is 0 Å². The van der Waals surface area contributed by atoms with Crippen molar-refractivity contribution < 1.29 is 0 Å². The van der Waals surface area contributed by atoms with Gasteiger partial charge in [-0.1, -0.05) is 30.3 Å². The molecule has 21 heavy (non-hydrogen) atoms. The molecule has 104 valence electrons. The van der Waals surface area contributed by atoms with Gasteiger partial charge in [-0.25, -0.2) is 4.98 Å². The summed E-state index contributed by atoms with van der Waals surface area (Å²) in [7, 11) is 0. The smallest absolute Gasteiger partial charge is 0.171 e. The highest BCUT2D eigenvalue weighted by Crippen LogP contribution is 2.22. The van der Waals surface area contributed by atoms with Crippen molar-refractivity contribution in [2.24, 2.45) is 0 Å². The third-order valence-electron chi connectivity index (χ3n) is 3.18. The van der Waals surface area contributed by atoms with E-state index in [2.05, 4.69) is 34.3 Å². The molecule has 0 aliphatic rings. The van der Waals surface area contributed by atoms with Gasteiger partial charge in [-0.05, 0) is 36.5 Å². The van der Waals surface area contributed by atoms with E-state index in [-0.39, 0.29) is 0 Å². The number of fused-ring (bicyclic) bond motifs is 2. The molecule has 0 fully saturated rings. The fraction of sp³-hybridized carbons (Fsp3) is 0.0588. The number of hydrogen-bond donors (Lipinski definition) is 2. The van der Waals surface area contributed by atoms with E-state index in [1.54, 1.807) is 6.08 Å². The number of anilines is 1. The summed E-state index contributed by atoms with van der Waals surface area (Å²) in [6.07, 6.45) is 1.77. The Kier molecular flexibility index (Phi) is 3.79. The minimum atomic E-state index is 0.579. The minimum absolute atomic E-state index is 0.579. The van der Waals surface area contributed by atoms with Crippen molar-refractivity contribution in [3.63, 3.8) is 0 Å². The van der Waals surface area contributed by atoms with Gasteiger partial charge in [0.2, 0.25) is 0 Å². The lowest BCUT2D eigenvalue weighted by atomic mass is 10.1. The molecule has 1 heterocycles. The second-order valence-electron chi connectivity index (χ2n) is 4.71. The molecule has 0 unspecified atom stereocenters. The quantitative estimate of drug-likeness (QED) is 0.437. The van der Waals surface area contributed by atoms with Crippen molar-refractivity contribution in [1.29, 1.82) is 0 Å². The molecule has 0 atom stereocenters. The average Bonchev–Trinajstić information content (AvgIpc) is 2.51. The van der Waals surface area contributed by atoms with Crippen molar-refractivity contribution in [2.45, 2.75) is 0 Å². The maximum absolute atomic E-state index is 5.21. The lowest BCUT2D eigenvalue weighted by Crippen LogP contribution is -2.28. The molecule has 3 aromatic rings. The fourth-order valence-electron chi connectivity index (χ4n) is 2.19. The van der Waals surface area contributed by atoms with Crippen LogP contribution < -0.4 is 10.6 Å². The SMILES string of the molecule is C=CCNC(=S)Nc1ccc2cc3ccccc3nc2c1. The first kappa shape index (κ1) is 13.5. The van der Waals surface area contributed by atoms with Gasteiger partial charge in [-0.15, -0.1) is 6.58 Å². The first-order chi connectivity index (χ1) is 10.3. The fourth-order valence-corrected chi connectivity index (χ4v) is 2.39. The molecule has 0 saturated heterocycles. The topological polar surface area (TPSA) is 37.0 Å². The lowest BCUT2D eigenvalue weighted by Gasteiger charge is -2.10. The number of nitrogens with one attached hydrogen (secondary N) is 2. The highest BCUT2D eigenvalue weighted by molar-refractivity contribution is 7.80. The van der Waals surface area contributed by atoms with E-state index in [1.807, 2.05) is 36.4 Å². The number of thiocarbonyl (C=S) groups is 1. The van der Waals surface area contributed by atoms with Gasteiger partial charge in [0, 0.05) is 23.0 Å². The van der Waals surface area contributed by atoms with E-state index < -0.39 is 0 Å². The van der Waals surface area contributed by atoms with E-state index in [9.17, 15) is 0 Å². The molecule has 3 nitrogen and oxygen atoms in total. The molecule has 0 amide bonds. The number of aromatic nitrogens is 1. The summed E-state index contributed by atoms with van der Waals surface area (Å²) in [6.45, 7) is 4.29. The summed E-state index contributed by atoms with van der Waals surface area (Å²) >= 11 is 5.21. The number of pyridine rings is 1. The zero-order valence-electron chi connectivity index (χ0n) is 11.5. The Morgan fingerprint density at radius 1 is 1.10 bits per heavy atom. The molecule has 0 spiro atoms. The summed E-state index contributed by atoms with van der Waals surface area (Å²) in [4.78, 5) is 4.69. The number of rotatable bonds is 3. The van der Waals surface area contributed by atoms with Crippen LogP contribution in [-0.4, -0.2) is 16.6 Å². The number of nitrogens with zero attached hydrogens (tertiary/aromatic N) is 1. The van der Waals surface area contributed by atoms with Crippen LogP contribution in [0.2, 0.25) is 0 Å². The maximum atomic E-state index is 5.21. The zero-order valence-corrected chi connectivity index (χ0v) is 12.3. The average molecular weight is 293 g/mol. The van der Waals surface area contributed by atoms with Gasteiger partial charge in [-0.3, -0.25) is 0 Å². The van der Waals surface area contributed by atoms with E-state index in [4.69, 9.17) is 12.2 Å². The highest BCUT2D eigenvalue weighted by Gasteiger charge is 2.02. The summed E-state index contributed by atoms with van der Waals surface area (Å²) in [5.74, 6) is 0. The van der Waals surface area contributed by atoms with Gasteiger partial charge < -0.3 is 10.6 Å². The number of para-hydroxylation sites is 1. The van der Waals surface area contributed by atoms with Gasteiger partial charge in [0.25, 0.3) is 0 Å². The maximum Gasteiger partial charge on any atom is 0.171 e. The highest BCUT2D eigenvalue weighted by atomic mass is 32.1. The molecule has 0 bridgehead atoms. The molecule has 0 saturated carbocycles. The molecular formula is C17H15N3S. The molecule has 0 radical (unpaired) electrons. The van der Waals surface area contributed by atoms with Crippen molar-refractivity contribution in [3.05, 3.63) is 61.2 Å². The standard InChI is InChI=1S/C17H15N3S/c1-2-9-18-17(21)19-14-8-7-13-10-12-5-3-4-6-15(12)20-16(13)11-14/h2-8,10-11H,1,9H2,(H2,18,19,21). The molecular weight excluding hydrogens is 278 g/mol. The lowest BCUT2D eigenvalue weighted by molar-refractivity contribution is 1.06. The van der Waals surface area contributed by atoms with Gasteiger partial charge >= 0.3 is 0 Å². The molecule has 1 aromatic heterocycles. The van der Waals surface area contributed by atoms with Crippen LogP contribution in [0.15, 0.2) is 61.2 Å². The van der Waals surface area contributed by atoms with Gasteiger partial charge in [0.15, 0.2) is 5.11 Å².